The van der Waals surface area contributed by atoms with Crippen LogP contribution < -0.4 is 0 Å². The zero-order valence-corrected chi connectivity index (χ0v) is 20.5. The average Bonchev–Trinajstić information content (AvgIpc) is 3.31. The van der Waals surface area contributed by atoms with Gasteiger partial charge >= 0.3 is 0 Å². The van der Waals surface area contributed by atoms with Crippen LogP contribution >= 0.6 is 0 Å². The lowest BCUT2D eigenvalue weighted by atomic mass is 9.47. The lowest BCUT2D eigenvalue weighted by Gasteiger charge is -2.58. The topological polar surface area (TPSA) is 38.7 Å². The van der Waals surface area contributed by atoms with Crippen LogP contribution in [0.5, 0.6) is 0 Å². The SMILES string of the molecule is C[C@H](CCCC1(C)OCCO1)[C@H]1CC[C@H]2[C@@H]3CC=C4C[C@@H](O)CC[C@]4(C)[C@H]3CC[C@]12C. The summed E-state index contributed by atoms with van der Waals surface area (Å²) in [5.41, 5.74) is 2.49. The van der Waals surface area contributed by atoms with Crippen LogP contribution in [0, 0.1) is 40.4 Å². The van der Waals surface area contributed by atoms with E-state index in [2.05, 4.69) is 33.8 Å². The van der Waals surface area contributed by atoms with Crippen molar-refractivity contribution in [1.29, 1.82) is 0 Å². The number of fused-ring (bicyclic) bond motifs is 5. The molecule has 0 radical (unpaired) electrons. The maximum Gasteiger partial charge on any atom is 0.165 e. The smallest absolute Gasteiger partial charge is 0.165 e. The van der Waals surface area contributed by atoms with Crippen LogP contribution in [-0.2, 0) is 9.47 Å². The average molecular weight is 431 g/mol. The summed E-state index contributed by atoms with van der Waals surface area (Å²) in [5.74, 6) is 3.98. The van der Waals surface area contributed by atoms with Gasteiger partial charge in [-0.2, -0.15) is 0 Å². The molecule has 4 aliphatic carbocycles. The minimum Gasteiger partial charge on any atom is -0.393 e. The minimum atomic E-state index is -0.324. The molecule has 5 aliphatic rings. The summed E-state index contributed by atoms with van der Waals surface area (Å²) in [6, 6.07) is 0. The van der Waals surface area contributed by atoms with Crippen LogP contribution in [0.25, 0.3) is 0 Å². The van der Waals surface area contributed by atoms with Crippen LogP contribution in [0.2, 0.25) is 0 Å². The quantitative estimate of drug-likeness (QED) is 0.506. The number of ether oxygens (including phenoxy) is 2. The number of allylic oxidation sites excluding steroid dienone is 1. The number of rotatable bonds is 5. The Morgan fingerprint density at radius 1 is 1.03 bits per heavy atom. The largest absolute Gasteiger partial charge is 0.393 e. The van der Waals surface area contributed by atoms with E-state index in [4.69, 9.17) is 9.47 Å². The molecule has 8 atom stereocenters. The van der Waals surface area contributed by atoms with Crippen molar-refractivity contribution in [2.45, 2.75) is 110 Å². The van der Waals surface area contributed by atoms with Gasteiger partial charge in [0, 0.05) is 6.42 Å². The molecule has 0 aromatic rings. The van der Waals surface area contributed by atoms with E-state index in [0.717, 1.165) is 62.1 Å². The Morgan fingerprint density at radius 3 is 2.58 bits per heavy atom. The highest BCUT2D eigenvalue weighted by Crippen LogP contribution is 2.67. The second-order valence-electron chi connectivity index (χ2n) is 12.6. The molecule has 0 bridgehead atoms. The lowest BCUT2D eigenvalue weighted by Crippen LogP contribution is -2.50. The first-order valence-corrected chi connectivity index (χ1v) is 13.4. The summed E-state index contributed by atoms with van der Waals surface area (Å²) < 4.78 is 11.7. The third kappa shape index (κ3) is 3.75. The van der Waals surface area contributed by atoms with E-state index < -0.39 is 0 Å². The molecule has 1 N–H and O–H groups in total. The summed E-state index contributed by atoms with van der Waals surface area (Å²) in [5, 5.41) is 10.2. The molecule has 176 valence electrons. The molecule has 0 unspecified atom stereocenters. The molecule has 5 rings (SSSR count). The minimum absolute atomic E-state index is 0.0938. The molecule has 0 spiro atoms. The molecule has 0 amide bonds. The van der Waals surface area contributed by atoms with Crippen LogP contribution in [0.4, 0.5) is 0 Å². The Labute approximate surface area is 190 Å². The van der Waals surface area contributed by atoms with Crippen molar-refractivity contribution in [3.8, 4) is 0 Å². The second-order valence-corrected chi connectivity index (χ2v) is 12.6. The maximum absolute atomic E-state index is 10.2. The summed E-state index contributed by atoms with van der Waals surface area (Å²) >= 11 is 0. The molecule has 1 heterocycles. The predicted octanol–water partition coefficient (Wildman–Crippen LogP) is 6.50. The van der Waals surface area contributed by atoms with Gasteiger partial charge in [0.15, 0.2) is 5.79 Å². The molecule has 0 aromatic heterocycles. The van der Waals surface area contributed by atoms with E-state index in [1.165, 1.54) is 51.4 Å². The van der Waals surface area contributed by atoms with E-state index in [0.29, 0.717) is 10.8 Å². The molecule has 3 heteroatoms. The zero-order valence-electron chi connectivity index (χ0n) is 20.5. The fraction of sp³-hybridized carbons (Fsp3) is 0.929. The number of hydrogen-bond donors (Lipinski definition) is 1. The van der Waals surface area contributed by atoms with Gasteiger partial charge in [-0.3, -0.25) is 0 Å². The van der Waals surface area contributed by atoms with E-state index in [1.807, 2.05) is 0 Å². The molecule has 31 heavy (non-hydrogen) atoms. The molecule has 1 aliphatic heterocycles. The van der Waals surface area contributed by atoms with Gasteiger partial charge in [-0.1, -0.05) is 38.8 Å². The van der Waals surface area contributed by atoms with Crippen molar-refractivity contribution in [3.05, 3.63) is 11.6 Å². The van der Waals surface area contributed by atoms with Gasteiger partial charge < -0.3 is 14.6 Å². The van der Waals surface area contributed by atoms with Crippen molar-refractivity contribution in [2.24, 2.45) is 40.4 Å². The molecule has 3 nitrogen and oxygen atoms in total. The Bertz CT molecular complexity index is 694. The van der Waals surface area contributed by atoms with Gasteiger partial charge in [-0.15, -0.1) is 0 Å². The van der Waals surface area contributed by atoms with Gasteiger partial charge in [0.1, 0.15) is 0 Å². The van der Waals surface area contributed by atoms with Gasteiger partial charge in [0.25, 0.3) is 0 Å². The van der Waals surface area contributed by atoms with Crippen LogP contribution in [-0.4, -0.2) is 30.2 Å². The number of hydrogen-bond acceptors (Lipinski definition) is 3. The molecular weight excluding hydrogens is 384 g/mol. The summed E-state index contributed by atoms with van der Waals surface area (Å²) in [7, 11) is 0. The summed E-state index contributed by atoms with van der Waals surface area (Å²) in [6.07, 6.45) is 16.2. The zero-order chi connectivity index (χ0) is 21.9. The lowest BCUT2D eigenvalue weighted by molar-refractivity contribution is -0.148. The van der Waals surface area contributed by atoms with Gasteiger partial charge in [-0.05, 0) is 105 Å². The van der Waals surface area contributed by atoms with E-state index in [-0.39, 0.29) is 11.9 Å². The van der Waals surface area contributed by atoms with E-state index >= 15 is 0 Å². The number of aliphatic hydroxyl groups excluding tert-OH is 1. The third-order valence-corrected chi connectivity index (χ3v) is 11.0. The van der Waals surface area contributed by atoms with Crippen molar-refractivity contribution < 1.29 is 14.6 Å². The first-order valence-electron chi connectivity index (χ1n) is 13.4. The highest BCUT2D eigenvalue weighted by molar-refractivity contribution is 5.25. The van der Waals surface area contributed by atoms with Gasteiger partial charge in [0.2, 0.25) is 0 Å². The van der Waals surface area contributed by atoms with Crippen LogP contribution in [0.3, 0.4) is 0 Å². The third-order valence-electron chi connectivity index (χ3n) is 11.0. The van der Waals surface area contributed by atoms with Gasteiger partial charge in [0.05, 0.1) is 19.3 Å². The molecule has 0 aromatic carbocycles. The highest BCUT2D eigenvalue weighted by Gasteiger charge is 2.59. The van der Waals surface area contributed by atoms with Crippen molar-refractivity contribution in [2.75, 3.05) is 13.2 Å². The second kappa shape index (κ2) is 8.13. The standard InChI is InChI=1S/C28H46O3/c1-19(6-5-13-28(4)30-16-17-31-28)23-9-10-24-22-8-7-20-18-21(29)11-14-26(20,2)25(22)12-15-27(23,24)3/h7,19,21-25,29H,5-6,8-18H2,1-4H3/t19-,21+,22+,23-,24+,25+,26+,27-/m1/s1. The predicted molar refractivity (Wildman–Crippen MR) is 125 cm³/mol. The van der Waals surface area contributed by atoms with E-state index in [1.54, 1.807) is 5.57 Å². The molecular formula is C28H46O3. The van der Waals surface area contributed by atoms with Crippen LogP contribution in [0.15, 0.2) is 11.6 Å². The normalized spacial score (nSPS) is 47.3. The Hall–Kier alpha value is -0.380. The Balaban J connectivity index is 1.25. The molecule has 4 fully saturated rings. The Morgan fingerprint density at radius 2 is 1.81 bits per heavy atom. The summed E-state index contributed by atoms with van der Waals surface area (Å²) in [6.45, 7) is 11.4. The Kier molecular flexibility index (Phi) is 5.88. The summed E-state index contributed by atoms with van der Waals surface area (Å²) in [4.78, 5) is 0. The number of aliphatic hydroxyl groups is 1. The van der Waals surface area contributed by atoms with E-state index in [9.17, 15) is 5.11 Å². The molecule has 3 saturated carbocycles. The van der Waals surface area contributed by atoms with Crippen molar-refractivity contribution in [3.63, 3.8) is 0 Å². The fourth-order valence-electron chi connectivity index (χ4n) is 9.26. The van der Waals surface area contributed by atoms with Crippen molar-refractivity contribution >= 4 is 0 Å². The highest BCUT2D eigenvalue weighted by atomic mass is 16.7. The first kappa shape index (κ1) is 22.4. The van der Waals surface area contributed by atoms with Gasteiger partial charge in [-0.25, -0.2) is 0 Å². The van der Waals surface area contributed by atoms with Crippen LogP contribution in [0.1, 0.15) is 98.3 Å². The first-order chi connectivity index (χ1) is 14.8. The fourth-order valence-corrected chi connectivity index (χ4v) is 9.26. The monoisotopic (exact) mass is 430 g/mol. The van der Waals surface area contributed by atoms with Crippen molar-refractivity contribution in [1.82, 2.24) is 0 Å². The molecule has 1 saturated heterocycles. The maximum atomic E-state index is 10.2.